The van der Waals surface area contributed by atoms with Crippen LogP contribution >= 0.6 is 0 Å². The van der Waals surface area contributed by atoms with Crippen molar-refractivity contribution < 1.29 is 13.2 Å². The number of para-hydroxylation sites is 1. The van der Waals surface area contributed by atoms with Crippen molar-refractivity contribution in [3.8, 4) is 5.75 Å². The molecule has 0 amide bonds. The first kappa shape index (κ1) is 16.0. The van der Waals surface area contributed by atoms with Gasteiger partial charge < -0.3 is 10.1 Å². The highest BCUT2D eigenvalue weighted by Gasteiger charge is 2.21. The average molecular weight is 332 g/mol. The number of benzene rings is 2. The molecule has 0 unspecified atom stereocenters. The fourth-order valence-corrected chi connectivity index (χ4v) is 3.35. The van der Waals surface area contributed by atoms with Gasteiger partial charge in [0.2, 0.25) is 10.0 Å². The van der Waals surface area contributed by atoms with E-state index in [1.807, 2.05) is 25.1 Å². The van der Waals surface area contributed by atoms with Crippen LogP contribution in [0.3, 0.4) is 0 Å². The van der Waals surface area contributed by atoms with E-state index in [9.17, 15) is 8.42 Å². The second-order valence-electron chi connectivity index (χ2n) is 5.82. The third kappa shape index (κ3) is 3.72. The summed E-state index contributed by atoms with van der Waals surface area (Å²) in [5, 5.41) is 8.65. The van der Waals surface area contributed by atoms with Gasteiger partial charge in [-0.2, -0.15) is 0 Å². The molecule has 0 fully saturated rings. The molecule has 0 saturated carbocycles. The quantitative estimate of drug-likeness (QED) is 0.897. The van der Waals surface area contributed by atoms with Crippen LogP contribution < -0.4 is 15.2 Å². The van der Waals surface area contributed by atoms with Crippen LogP contribution in [0.25, 0.3) is 0 Å². The summed E-state index contributed by atoms with van der Waals surface area (Å²) in [5.41, 5.74) is 2.21. The average Bonchev–Trinajstić information content (AvgIpc) is 2.54. The van der Waals surface area contributed by atoms with Crippen LogP contribution in [-0.4, -0.2) is 21.1 Å². The summed E-state index contributed by atoms with van der Waals surface area (Å²) >= 11 is 0. The standard InChI is InChI=1S/C17H20N2O3S/c1-12(13-6-8-16(9-7-13)23(18,20)21)19-15-10-14-4-2-3-5-17(14)22-11-15/h2-9,12,15,19H,10-11H2,1H3,(H2,18,20,21)/t12-,15+/m0/s1. The Hall–Kier alpha value is -1.89. The molecule has 0 radical (unpaired) electrons. The number of rotatable bonds is 4. The van der Waals surface area contributed by atoms with Crippen molar-refractivity contribution in [2.45, 2.75) is 30.3 Å². The van der Waals surface area contributed by atoms with Crippen LogP contribution in [0.4, 0.5) is 0 Å². The summed E-state index contributed by atoms with van der Waals surface area (Å²) in [6, 6.07) is 15.0. The Labute approximate surface area is 136 Å². The molecular weight excluding hydrogens is 312 g/mol. The molecule has 1 aliphatic rings. The van der Waals surface area contributed by atoms with E-state index in [1.54, 1.807) is 12.1 Å². The number of ether oxygens (including phenoxy) is 1. The number of nitrogens with one attached hydrogen (secondary N) is 1. The lowest BCUT2D eigenvalue weighted by Crippen LogP contribution is -2.40. The van der Waals surface area contributed by atoms with Gasteiger partial charge in [0.05, 0.1) is 4.90 Å². The molecule has 6 heteroatoms. The first-order chi connectivity index (χ1) is 10.9. The van der Waals surface area contributed by atoms with E-state index >= 15 is 0 Å². The predicted octanol–water partition coefficient (Wildman–Crippen LogP) is 1.99. The largest absolute Gasteiger partial charge is 0.492 e. The van der Waals surface area contributed by atoms with Crippen LogP contribution in [0.15, 0.2) is 53.4 Å². The fourth-order valence-electron chi connectivity index (χ4n) is 2.83. The van der Waals surface area contributed by atoms with Gasteiger partial charge in [0.15, 0.2) is 0 Å². The number of nitrogens with two attached hydrogens (primary N) is 1. The Morgan fingerprint density at radius 3 is 2.57 bits per heavy atom. The number of hydrogen-bond acceptors (Lipinski definition) is 4. The first-order valence-electron chi connectivity index (χ1n) is 7.53. The van der Waals surface area contributed by atoms with Gasteiger partial charge in [-0.3, -0.25) is 0 Å². The SMILES string of the molecule is C[C@H](N[C@H]1COc2ccccc2C1)c1ccc(S(N)(=O)=O)cc1. The summed E-state index contributed by atoms with van der Waals surface area (Å²) < 4.78 is 28.4. The van der Waals surface area contributed by atoms with Crippen molar-refractivity contribution in [1.82, 2.24) is 5.32 Å². The van der Waals surface area contributed by atoms with Gasteiger partial charge in [-0.15, -0.1) is 0 Å². The smallest absolute Gasteiger partial charge is 0.238 e. The maximum absolute atomic E-state index is 11.3. The van der Waals surface area contributed by atoms with Crippen molar-refractivity contribution in [3.63, 3.8) is 0 Å². The third-order valence-corrected chi connectivity index (χ3v) is 5.00. The summed E-state index contributed by atoms with van der Waals surface area (Å²) in [6.45, 7) is 2.67. The first-order valence-corrected chi connectivity index (χ1v) is 9.07. The third-order valence-electron chi connectivity index (χ3n) is 4.07. The minimum absolute atomic E-state index is 0.0865. The summed E-state index contributed by atoms with van der Waals surface area (Å²) in [5.74, 6) is 0.954. The maximum atomic E-state index is 11.3. The topological polar surface area (TPSA) is 81.4 Å². The van der Waals surface area contributed by atoms with Crippen molar-refractivity contribution in [2.24, 2.45) is 5.14 Å². The lowest BCUT2D eigenvalue weighted by atomic mass is 10.0. The van der Waals surface area contributed by atoms with Crippen LogP contribution in [0.2, 0.25) is 0 Å². The van der Waals surface area contributed by atoms with Crippen molar-refractivity contribution >= 4 is 10.0 Å². The number of fused-ring (bicyclic) bond motifs is 1. The van der Waals surface area contributed by atoms with Crippen molar-refractivity contribution in [3.05, 3.63) is 59.7 Å². The zero-order valence-electron chi connectivity index (χ0n) is 12.9. The minimum atomic E-state index is -3.65. The van der Waals surface area contributed by atoms with E-state index in [4.69, 9.17) is 9.88 Å². The van der Waals surface area contributed by atoms with Gasteiger partial charge in [0.1, 0.15) is 12.4 Å². The Morgan fingerprint density at radius 2 is 1.87 bits per heavy atom. The van der Waals surface area contributed by atoms with Crippen LogP contribution in [0.5, 0.6) is 5.75 Å². The molecule has 122 valence electrons. The van der Waals surface area contributed by atoms with Gasteiger partial charge in [0.25, 0.3) is 0 Å². The van der Waals surface area contributed by atoms with Crippen molar-refractivity contribution in [1.29, 1.82) is 0 Å². The van der Waals surface area contributed by atoms with Crippen LogP contribution in [0, 0.1) is 0 Å². The Morgan fingerprint density at radius 1 is 1.17 bits per heavy atom. The van der Waals surface area contributed by atoms with E-state index in [0.717, 1.165) is 17.7 Å². The van der Waals surface area contributed by atoms with Gasteiger partial charge in [-0.25, -0.2) is 13.6 Å². The van der Waals surface area contributed by atoms with Gasteiger partial charge in [-0.1, -0.05) is 30.3 Å². The lowest BCUT2D eigenvalue weighted by molar-refractivity contribution is 0.229. The fraction of sp³-hybridized carbons (Fsp3) is 0.294. The molecule has 3 N–H and O–H groups in total. The second kappa shape index (κ2) is 6.31. The van der Waals surface area contributed by atoms with Gasteiger partial charge in [0, 0.05) is 12.1 Å². The maximum Gasteiger partial charge on any atom is 0.238 e. The van der Waals surface area contributed by atoms with Gasteiger partial charge >= 0.3 is 0 Å². The van der Waals surface area contributed by atoms with Crippen LogP contribution in [-0.2, 0) is 16.4 Å². The summed E-state index contributed by atoms with van der Waals surface area (Å²) in [6.07, 6.45) is 0.912. The van der Waals surface area contributed by atoms with Crippen LogP contribution in [0.1, 0.15) is 24.1 Å². The zero-order valence-corrected chi connectivity index (χ0v) is 13.7. The van der Waals surface area contributed by atoms with Gasteiger partial charge in [-0.05, 0) is 42.7 Å². The molecule has 1 heterocycles. The Bertz CT molecular complexity index is 788. The number of sulfonamides is 1. The van der Waals surface area contributed by atoms with E-state index in [1.165, 1.54) is 17.7 Å². The number of hydrogen-bond donors (Lipinski definition) is 2. The van der Waals surface area contributed by atoms with E-state index in [0.29, 0.717) is 6.61 Å². The minimum Gasteiger partial charge on any atom is -0.492 e. The summed E-state index contributed by atoms with van der Waals surface area (Å²) in [4.78, 5) is 0.128. The molecule has 1 aliphatic heterocycles. The molecule has 23 heavy (non-hydrogen) atoms. The second-order valence-corrected chi connectivity index (χ2v) is 7.38. The molecule has 0 saturated heterocycles. The molecule has 0 spiro atoms. The zero-order chi connectivity index (χ0) is 16.4. The number of primary sulfonamides is 1. The highest BCUT2D eigenvalue weighted by Crippen LogP contribution is 2.25. The van der Waals surface area contributed by atoms with E-state index < -0.39 is 10.0 Å². The molecular formula is C17H20N2O3S. The molecule has 0 aromatic heterocycles. The van der Waals surface area contributed by atoms with E-state index in [2.05, 4.69) is 11.4 Å². The predicted molar refractivity (Wildman–Crippen MR) is 88.8 cm³/mol. The van der Waals surface area contributed by atoms with E-state index in [-0.39, 0.29) is 17.0 Å². The lowest BCUT2D eigenvalue weighted by Gasteiger charge is -2.29. The molecule has 2 aromatic rings. The normalized spacial score (nSPS) is 18.8. The molecule has 0 aliphatic carbocycles. The molecule has 3 rings (SSSR count). The molecule has 0 bridgehead atoms. The van der Waals surface area contributed by atoms with Crippen molar-refractivity contribution in [2.75, 3.05) is 6.61 Å². The molecule has 2 atom stereocenters. The Kier molecular flexibility index (Phi) is 4.39. The highest BCUT2D eigenvalue weighted by molar-refractivity contribution is 7.89. The monoisotopic (exact) mass is 332 g/mol. The molecule has 5 nitrogen and oxygen atoms in total. The molecule has 2 aromatic carbocycles. The highest BCUT2D eigenvalue weighted by atomic mass is 32.2. The Balaban J connectivity index is 1.67. The summed E-state index contributed by atoms with van der Waals surface area (Å²) in [7, 11) is -3.65.